The molecule has 3 nitrogen and oxygen atoms in total. The first-order valence-corrected chi connectivity index (χ1v) is 6.83. The summed E-state index contributed by atoms with van der Waals surface area (Å²) in [5.41, 5.74) is 6.31. The van der Waals surface area contributed by atoms with E-state index in [1.165, 1.54) is 6.42 Å². The minimum Gasteiger partial charge on any atom is -0.351 e. The quantitative estimate of drug-likeness (QED) is 0.776. The molecule has 1 amide bonds. The number of rotatable bonds is 5. The first-order chi connectivity index (χ1) is 7.76. The van der Waals surface area contributed by atoms with E-state index >= 15 is 0 Å². The second-order valence-electron chi connectivity index (χ2n) is 6.76. The van der Waals surface area contributed by atoms with Gasteiger partial charge >= 0.3 is 0 Å². The third-order valence-corrected chi connectivity index (χ3v) is 3.71. The number of hydrogen-bond acceptors (Lipinski definition) is 2. The lowest BCUT2D eigenvalue weighted by atomic mass is 9.74. The van der Waals surface area contributed by atoms with Crippen molar-refractivity contribution in [1.29, 1.82) is 0 Å². The summed E-state index contributed by atoms with van der Waals surface area (Å²) in [7, 11) is 0. The van der Waals surface area contributed by atoms with Crippen molar-refractivity contribution in [2.75, 3.05) is 0 Å². The first kappa shape index (κ1) is 14.5. The van der Waals surface area contributed by atoms with Crippen molar-refractivity contribution >= 4 is 5.91 Å². The van der Waals surface area contributed by atoms with Gasteiger partial charge in [-0.25, -0.2) is 0 Å². The Hall–Kier alpha value is -0.570. The highest BCUT2D eigenvalue weighted by atomic mass is 16.1. The lowest BCUT2D eigenvalue weighted by molar-refractivity contribution is -0.124. The van der Waals surface area contributed by atoms with Crippen molar-refractivity contribution in [3.05, 3.63) is 0 Å². The lowest BCUT2D eigenvalue weighted by Gasteiger charge is -2.42. The molecule has 0 spiro atoms. The number of nitrogens with one attached hydrogen (secondary N) is 1. The molecule has 0 radical (unpaired) electrons. The highest BCUT2D eigenvalue weighted by molar-refractivity contribution is 5.77. The fourth-order valence-electron chi connectivity index (χ4n) is 2.61. The monoisotopic (exact) mass is 240 g/mol. The largest absolute Gasteiger partial charge is 0.351 e. The molecule has 1 rings (SSSR count). The predicted molar refractivity (Wildman–Crippen MR) is 71.7 cm³/mol. The summed E-state index contributed by atoms with van der Waals surface area (Å²) in [6.45, 7) is 8.62. The molecular weight excluding hydrogens is 212 g/mol. The van der Waals surface area contributed by atoms with E-state index in [4.69, 9.17) is 5.73 Å². The molecule has 100 valence electrons. The van der Waals surface area contributed by atoms with Crippen LogP contribution in [0.4, 0.5) is 0 Å². The van der Waals surface area contributed by atoms with Crippen molar-refractivity contribution in [3.63, 3.8) is 0 Å². The first-order valence-electron chi connectivity index (χ1n) is 6.83. The summed E-state index contributed by atoms with van der Waals surface area (Å²) in [6.07, 6.45) is 5.88. The van der Waals surface area contributed by atoms with E-state index in [0.717, 1.165) is 25.7 Å². The molecule has 0 aromatic rings. The van der Waals surface area contributed by atoms with Gasteiger partial charge in [0.25, 0.3) is 0 Å². The smallest absolute Gasteiger partial charge is 0.221 e. The average Bonchev–Trinajstić information content (AvgIpc) is 2.07. The standard InChI is InChI=1S/C14H28N2O/c1-5-14(7-6-8-14)16-12(17)9-11(15)10-13(2,3)4/h11H,5-10,15H2,1-4H3,(H,16,17). The average molecular weight is 240 g/mol. The Labute approximate surface area is 106 Å². The van der Waals surface area contributed by atoms with Gasteiger partial charge in [0.2, 0.25) is 5.91 Å². The number of amides is 1. The molecule has 1 aliphatic carbocycles. The Balaban J connectivity index is 2.34. The molecule has 0 aromatic carbocycles. The highest BCUT2D eigenvalue weighted by Crippen LogP contribution is 2.34. The number of carbonyl (C=O) groups excluding carboxylic acids is 1. The molecule has 0 heterocycles. The van der Waals surface area contributed by atoms with Crippen LogP contribution in [-0.2, 0) is 4.79 Å². The van der Waals surface area contributed by atoms with Gasteiger partial charge in [-0.05, 0) is 37.5 Å². The zero-order valence-electron chi connectivity index (χ0n) is 11.8. The van der Waals surface area contributed by atoms with Crippen LogP contribution in [0.2, 0.25) is 0 Å². The van der Waals surface area contributed by atoms with Crippen LogP contribution < -0.4 is 11.1 Å². The Morgan fingerprint density at radius 1 is 1.41 bits per heavy atom. The maximum absolute atomic E-state index is 11.9. The van der Waals surface area contributed by atoms with Gasteiger partial charge in [-0.1, -0.05) is 27.7 Å². The highest BCUT2D eigenvalue weighted by Gasteiger charge is 2.36. The van der Waals surface area contributed by atoms with Crippen LogP contribution in [0.25, 0.3) is 0 Å². The summed E-state index contributed by atoms with van der Waals surface area (Å²) in [4.78, 5) is 11.9. The SMILES string of the molecule is CCC1(NC(=O)CC(N)CC(C)(C)C)CCC1. The van der Waals surface area contributed by atoms with E-state index in [9.17, 15) is 4.79 Å². The molecule has 1 aliphatic rings. The molecule has 1 atom stereocenters. The molecule has 1 fully saturated rings. The van der Waals surface area contributed by atoms with Crippen molar-refractivity contribution in [3.8, 4) is 0 Å². The molecule has 0 aromatic heterocycles. The maximum Gasteiger partial charge on any atom is 0.221 e. The normalized spacial score (nSPS) is 20.5. The van der Waals surface area contributed by atoms with Crippen molar-refractivity contribution in [2.24, 2.45) is 11.1 Å². The zero-order valence-corrected chi connectivity index (χ0v) is 11.8. The summed E-state index contributed by atoms with van der Waals surface area (Å²) >= 11 is 0. The van der Waals surface area contributed by atoms with Gasteiger partial charge in [-0.3, -0.25) is 4.79 Å². The van der Waals surface area contributed by atoms with Gasteiger partial charge in [0.15, 0.2) is 0 Å². The molecular formula is C14H28N2O. The van der Waals surface area contributed by atoms with Gasteiger partial charge in [0.1, 0.15) is 0 Å². The number of hydrogen-bond donors (Lipinski definition) is 2. The van der Waals surface area contributed by atoms with Crippen molar-refractivity contribution in [1.82, 2.24) is 5.32 Å². The van der Waals surface area contributed by atoms with Gasteiger partial charge in [0, 0.05) is 18.0 Å². The Kier molecular flexibility index (Phi) is 4.59. The third-order valence-electron chi connectivity index (χ3n) is 3.71. The van der Waals surface area contributed by atoms with Gasteiger partial charge in [-0.15, -0.1) is 0 Å². The Morgan fingerprint density at radius 2 is 2.00 bits per heavy atom. The Morgan fingerprint density at radius 3 is 2.35 bits per heavy atom. The number of carbonyl (C=O) groups is 1. The second kappa shape index (κ2) is 5.38. The molecule has 0 aliphatic heterocycles. The fraction of sp³-hybridized carbons (Fsp3) is 0.929. The van der Waals surface area contributed by atoms with E-state index in [0.29, 0.717) is 6.42 Å². The fourth-order valence-corrected chi connectivity index (χ4v) is 2.61. The minimum absolute atomic E-state index is 0.0241. The molecule has 0 bridgehead atoms. The van der Waals surface area contributed by atoms with Crippen LogP contribution in [0.15, 0.2) is 0 Å². The Bertz CT molecular complexity index is 258. The van der Waals surface area contributed by atoms with Crippen LogP contribution in [0, 0.1) is 5.41 Å². The molecule has 1 unspecified atom stereocenters. The molecule has 0 saturated heterocycles. The van der Waals surface area contributed by atoms with E-state index in [2.05, 4.69) is 33.0 Å². The van der Waals surface area contributed by atoms with Crippen LogP contribution in [0.1, 0.15) is 66.2 Å². The van der Waals surface area contributed by atoms with Gasteiger partial charge < -0.3 is 11.1 Å². The van der Waals surface area contributed by atoms with Crippen LogP contribution in [0.5, 0.6) is 0 Å². The minimum atomic E-state index is -0.0241. The molecule has 1 saturated carbocycles. The molecule has 3 heteroatoms. The van der Waals surface area contributed by atoms with E-state index < -0.39 is 0 Å². The van der Waals surface area contributed by atoms with E-state index in [1.807, 2.05) is 0 Å². The van der Waals surface area contributed by atoms with Crippen LogP contribution in [-0.4, -0.2) is 17.5 Å². The topological polar surface area (TPSA) is 55.1 Å². The van der Waals surface area contributed by atoms with Gasteiger partial charge in [-0.2, -0.15) is 0 Å². The van der Waals surface area contributed by atoms with Crippen molar-refractivity contribution in [2.45, 2.75) is 77.8 Å². The van der Waals surface area contributed by atoms with E-state index in [1.54, 1.807) is 0 Å². The zero-order chi connectivity index (χ0) is 13.1. The van der Waals surface area contributed by atoms with Crippen molar-refractivity contribution < 1.29 is 4.79 Å². The number of nitrogens with two attached hydrogens (primary N) is 1. The molecule has 17 heavy (non-hydrogen) atoms. The maximum atomic E-state index is 11.9. The van der Waals surface area contributed by atoms with E-state index in [-0.39, 0.29) is 22.9 Å². The lowest BCUT2D eigenvalue weighted by Crippen LogP contribution is -2.53. The summed E-state index contributed by atoms with van der Waals surface area (Å²) in [6, 6.07) is -0.0241. The van der Waals surface area contributed by atoms with Gasteiger partial charge in [0.05, 0.1) is 0 Å². The molecule has 3 N–H and O–H groups in total. The van der Waals surface area contributed by atoms with Crippen LogP contribution in [0.3, 0.4) is 0 Å². The second-order valence-corrected chi connectivity index (χ2v) is 6.76. The summed E-state index contributed by atoms with van der Waals surface area (Å²) < 4.78 is 0. The predicted octanol–water partition coefficient (Wildman–Crippen LogP) is 2.59. The summed E-state index contributed by atoms with van der Waals surface area (Å²) in [5.74, 6) is 0.128. The summed E-state index contributed by atoms with van der Waals surface area (Å²) in [5, 5.41) is 3.18. The van der Waals surface area contributed by atoms with Crippen LogP contribution >= 0.6 is 0 Å². The third kappa shape index (κ3) is 4.66.